The lowest BCUT2D eigenvalue weighted by Gasteiger charge is -2.27. The van der Waals surface area contributed by atoms with Gasteiger partial charge in [0.25, 0.3) is 5.91 Å². The van der Waals surface area contributed by atoms with E-state index < -0.39 is 0 Å². The summed E-state index contributed by atoms with van der Waals surface area (Å²) in [5.41, 5.74) is 7.27. The first-order valence-electron chi connectivity index (χ1n) is 8.74. The van der Waals surface area contributed by atoms with Gasteiger partial charge in [-0.15, -0.1) is 12.4 Å². The summed E-state index contributed by atoms with van der Waals surface area (Å²) in [5.74, 6) is 0.486. The molecule has 2 aromatic rings. The SMILES string of the molecule is Cl.NC1C2CCC(C2)C1C(=O)Nc1ccc(NC(=O)c2ccco2)c(Cl)c1. The average Bonchev–Trinajstić information content (AvgIpc) is 3.33. The van der Waals surface area contributed by atoms with Gasteiger partial charge in [0.1, 0.15) is 0 Å². The highest BCUT2D eigenvalue weighted by atomic mass is 35.5. The van der Waals surface area contributed by atoms with E-state index in [4.69, 9.17) is 21.8 Å². The molecular formula is C19H21Cl2N3O3. The Balaban J connectivity index is 0.00000210. The molecule has 1 heterocycles. The summed E-state index contributed by atoms with van der Waals surface area (Å²) in [6.07, 6.45) is 4.69. The van der Waals surface area contributed by atoms with Crippen LogP contribution < -0.4 is 16.4 Å². The first-order valence-corrected chi connectivity index (χ1v) is 9.11. The molecule has 2 fully saturated rings. The molecular weight excluding hydrogens is 389 g/mol. The van der Waals surface area contributed by atoms with Crippen molar-refractivity contribution in [1.82, 2.24) is 0 Å². The number of benzene rings is 1. The molecule has 1 aromatic heterocycles. The number of carbonyl (C=O) groups excluding carboxylic acids is 2. The van der Waals surface area contributed by atoms with Crippen molar-refractivity contribution in [3.63, 3.8) is 0 Å². The number of carbonyl (C=O) groups is 2. The Bertz CT molecular complexity index is 839. The second-order valence-electron chi connectivity index (χ2n) is 7.05. The number of rotatable bonds is 4. The van der Waals surface area contributed by atoms with Crippen LogP contribution in [0.25, 0.3) is 0 Å². The normalized spacial score (nSPS) is 25.7. The molecule has 0 aliphatic heterocycles. The molecule has 4 N–H and O–H groups in total. The Hall–Kier alpha value is -2.02. The van der Waals surface area contributed by atoms with E-state index in [0.717, 1.165) is 19.3 Å². The molecule has 4 rings (SSSR count). The van der Waals surface area contributed by atoms with Crippen LogP contribution >= 0.6 is 24.0 Å². The smallest absolute Gasteiger partial charge is 0.291 e. The molecule has 8 heteroatoms. The highest BCUT2D eigenvalue weighted by Crippen LogP contribution is 2.48. The first kappa shape index (κ1) is 19.7. The minimum atomic E-state index is -0.387. The highest BCUT2D eigenvalue weighted by molar-refractivity contribution is 6.34. The molecule has 4 unspecified atom stereocenters. The van der Waals surface area contributed by atoms with E-state index in [1.807, 2.05) is 0 Å². The summed E-state index contributed by atoms with van der Waals surface area (Å²) in [6.45, 7) is 0. The molecule has 144 valence electrons. The number of hydrogen-bond acceptors (Lipinski definition) is 4. The zero-order valence-corrected chi connectivity index (χ0v) is 16.1. The van der Waals surface area contributed by atoms with E-state index in [1.165, 1.54) is 6.26 Å². The molecule has 2 aliphatic rings. The van der Waals surface area contributed by atoms with Gasteiger partial charge in [-0.1, -0.05) is 11.6 Å². The largest absolute Gasteiger partial charge is 0.459 e. The third kappa shape index (κ3) is 3.83. The van der Waals surface area contributed by atoms with Gasteiger partial charge < -0.3 is 20.8 Å². The second-order valence-corrected chi connectivity index (χ2v) is 7.46. The summed E-state index contributed by atoms with van der Waals surface area (Å²) in [7, 11) is 0. The predicted octanol–water partition coefficient (Wildman–Crippen LogP) is 3.92. The van der Waals surface area contributed by atoms with Crippen LogP contribution in [0.15, 0.2) is 41.0 Å². The molecule has 0 saturated heterocycles. The Labute approximate surface area is 168 Å². The first-order chi connectivity index (χ1) is 12.5. The lowest BCUT2D eigenvalue weighted by Crippen LogP contribution is -2.42. The molecule has 27 heavy (non-hydrogen) atoms. The van der Waals surface area contributed by atoms with Gasteiger partial charge in [0.05, 0.1) is 22.9 Å². The van der Waals surface area contributed by atoms with Crippen LogP contribution in [0.3, 0.4) is 0 Å². The second kappa shape index (κ2) is 7.92. The monoisotopic (exact) mass is 409 g/mol. The molecule has 2 amide bonds. The predicted molar refractivity (Wildman–Crippen MR) is 106 cm³/mol. The van der Waals surface area contributed by atoms with Crippen molar-refractivity contribution < 1.29 is 14.0 Å². The summed E-state index contributed by atoms with van der Waals surface area (Å²) in [5, 5.41) is 5.93. The van der Waals surface area contributed by atoms with Crippen LogP contribution in [0.4, 0.5) is 11.4 Å². The summed E-state index contributed by atoms with van der Waals surface area (Å²) in [4.78, 5) is 24.7. The van der Waals surface area contributed by atoms with Gasteiger partial charge >= 0.3 is 0 Å². The zero-order chi connectivity index (χ0) is 18.3. The summed E-state index contributed by atoms with van der Waals surface area (Å²) >= 11 is 6.25. The van der Waals surface area contributed by atoms with E-state index >= 15 is 0 Å². The molecule has 0 spiro atoms. The number of fused-ring (bicyclic) bond motifs is 2. The number of anilines is 2. The number of halogens is 2. The fourth-order valence-electron chi connectivity index (χ4n) is 4.24. The van der Waals surface area contributed by atoms with E-state index in [2.05, 4.69) is 10.6 Å². The van der Waals surface area contributed by atoms with Crippen LogP contribution in [-0.2, 0) is 4.79 Å². The van der Waals surface area contributed by atoms with Crippen molar-refractivity contribution in [2.24, 2.45) is 23.5 Å². The van der Waals surface area contributed by atoms with E-state index in [-0.39, 0.29) is 41.9 Å². The van der Waals surface area contributed by atoms with Crippen LogP contribution in [0.1, 0.15) is 29.8 Å². The van der Waals surface area contributed by atoms with Crippen molar-refractivity contribution in [3.05, 3.63) is 47.4 Å². The zero-order valence-electron chi connectivity index (χ0n) is 14.5. The molecule has 6 nitrogen and oxygen atoms in total. The van der Waals surface area contributed by atoms with Crippen molar-refractivity contribution in [3.8, 4) is 0 Å². The quantitative estimate of drug-likeness (QED) is 0.712. The minimum absolute atomic E-state index is 0. The number of furan rings is 1. The van der Waals surface area contributed by atoms with Crippen molar-refractivity contribution >= 4 is 47.2 Å². The number of nitrogens with two attached hydrogens (primary N) is 1. The molecule has 4 atom stereocenters. The van der Waals surface area contributed by atoms with Gasteiger partial charge in [0.2, 0.25) is 5.91 Å². The maximum atomic E-state index is 12.6. The number of amides is 2. The van der Waals surface area contributed by atoms with Crippen LogP contribution in [0, 0.1) is 17.8 Å². The van der Waals surface area contributed by atoms with E-state index in [0.29, 0.717) is 28.2 Å². The molecule has 1 aromatic carbocycles. The van der Waals surface area contributed by atoms with Crippen LogP contribution in [0.2, 0.25) is 5.02 Å². The van der Waals surface area contributed by atoms with Crippen LogP contribution in [-0.4, -0.2) is 17.9 Å². The maximum Gasteiger partial charge on any atom is 0.291 e. The minimum Gasteiger partial charge on any atom is -0.459 e. The molecule has 2 bridgehead atoms. The van der Waals surface area contributed by atoms with Gasteiger partial charge in [0, 0.05) is 11.7 Å². The summed E-state index contributed by atoms with van der Waals surface area (Å²) in [6, 6.07) is 8.12. The van der Waals surface area contributed by atoms with Crippen molar-refractivity contribution in [1.29, 1.82) is 0 Å². The summed E-state index contributed by atoms with van der Waals surface area (Å²) < 4.78 is 5.05. The Morgan fingerprint density at radius 1 is 1.15 bits per heavy atom. The fourth-order valence-corrected chi connectivity index (χ4v) is 4.46. The number of hydrogen-bond donors (Lipinski definition) is 3. The standard InChI is InChI=1S/C19H20ClN3O3.ClH/c20-13-9-12(5-6-14(13)23-18(24)15-2-1-7-26-15)22-19(25)16-10-3-4-11(8-10)17(16)21;/h1-2,5-7,9-11,16-17H,3-4,8,21H2,(H,22,25)(H,23,24);1H. The third-order valence-electron chi connectivity index (χ3n) is 5.51. The lowest BCUT2D eigenvalue weighted by molar-refractivity contribution is -0.121. The highest BCUT2D eigenvalue weighted by Gasteiger charge is 2.49. The van der Waals surface area contributed by atoms with Gasteiger partial charge in [0.15, 0.2) is 5.76 Å². The average molecular weight is 410 g/mol. The Morgan fingerprint density at radius 2 is 1.93 bits per heavy atom. The lowest BCUT2D eigenvalue weighted by atomic mass is 9.84. The topological polar surface area (TPSA) is 97.4 Å². The fraction of sp³-hybridized carbons (Fsp3) is 0.368. The van der Waals surface area contributed by atoms with Crippen LogP contribution in [0.5, 0.6) is 0 Å². The molecule has 2 saturated carbocycles. The Morgan fingerprint density at radius 3 is 2.56 bits per heavy atom. The molecule has 0 radical (unpaired) electrons. The van der Waals surface area contributed by atoms with E-state index in [9.17, 15) is 9.59 Å². The number of nitrogens with one attached hydrogen (secondary N) is 2. The Kier molecular flexibility index (Phi) is 5.79. The van der Waals surface area contributed by atoms with Gasteiger partial charge in [-0.2, -0.15) is 0 Å². The van der Waals surface area contributed by atoms with Gasteiger partial charge in [-0.05, 0) is 61.4 Å². The van der Waals surface area contributed by atoms with Gasteiger partial charge in [-0.3, -0.25) is 9.59 Å². The maximum absolute atomic E-state index is 12.6. The van der Waals surface area contributed by atoms with Crippen molar-refractivity contribution in [2.45, 2.75) is 25.3 Å². The van der Waals surface area contributed by atoms with Gasteiger partial charge in [-0.25, -0.2) is 0 Å². The third-order valence-corrected chi connectivity index (χ3v) is 5.83. The molecule has 2 aliphatic carbocycles. The van der Waals surface area contributed by atoms with E-state index in [1.54, 1.807) is 30.3 Å². The van der Waals surface area contributed by atoms with Crippen molar-refractivity contribution in [2.75, 3.05) is 10.6 Å².